The van der Waals surface area contributed by atoms with Gasteiger partial charge in [-0.2, -0.15) is 0 Å². The molecule has 0 amide bonds. The van der Waals surface area contributed by atoms with E-state index in [9.17, 15) is 4.79 Å². The highest BCUT2D eigenvalue weighted by Gasteiger charge is 2.17. The Labute approximate surface area is 109 Å². The van der Waals surface area contributed by atoms with Gasteiger partial charge in [0.1, 0.15) is 5.75 Å². The first-order valence-corrected chi connectivity index (χ1v) is 6.50. The molecule has 17 heavy (non-hydrogen) atoms. The number of benzene rings is 1. The van der Waals surface area contributed by atoms with Crippen molar-refractivity contribution in [1.82, 2.24) is 0 Å². The van der Waals surface area contributed by atoms with Crippen molar-refractivity contribution in [3.8, 4) is 5.75 Å². The van der Waals surface area contributed by atoms with E-state index < -0.39 is 0 Å². The van der Waals surface area contributed by atoms with Gasteiger partial charge in [-0.25, -0.2) is 0 Å². The lowest BCUT2D eigenvalue weighted by Gasteiger charge is -2.10. The molecule has 4 heteroatoms. The van der Waals surface area contributed by atoms with Crippen LogP contribution in [0.5, 0.6) is 5.75 Å². The second-order valence-electron chi connectivity index (χ2n) is 3.55. The smallest absolute Gasteiger partial charge is 0.201 e. The van der Waals surface area contributed by atoms with Crippen molar-refractivity contribution in [3.05, 3.63) is 45.8 Å². The Morgan fingerprint density at radius 3 is 2.71 bits per heavy atom. The Kier molecular flexibility index (Phi) is 3.92. The lowest BCUT2D eigenvalue weighted by atomic mass is 10.1. The van der Waals surface area contributed by atoms with Crippen LogP contribution < -0.4 is 4.74 Å². The van der Waals surface area contributed by atoms with Crippen molar-refractivity contribution in [3.63, 3.8) is 0 Å². The number of ketones is 1. The fourth-order valence-electron chi connectivity index (χ4n) is 1.49. The lowest BCUT2D eigenvalue weighted by Crippen LogP contribution is -2.08. The van der Waals surface area contributed by atoms with Gasteiger partial charge in [0.2, 0.25) is 5.78 Å². The zero-order valence-corrected chi connectivity index (χ0v) is 10.8. The number of carbonyl (C=O) groups is 1. The fourth-order valence-corrected chi connectivity index (χ4v) is 2.53. The van der Waals surface area contributed by atoms with Crippen LogP contribution in [0.1, 0.15) is 5.56 Å². The highest BCUT2D eigenvalue weighted by Crippen LogP contribution is 2.26. The van der Waals surface area contributed by atoms with Crippen molar-refractivity contribution >= 4 is 35.2 Å². The zero-order valence-electron chi connectivity index (χ0n) is 9.27. The second-order valence-corrected chi connectivity index (χ2v) is 4.81. The van der Waals surface area contributed by atoms with Crippen LogP contribution >= 0.6 is 23.4 Å². The lowest BCUT2D eigenvalue weighted by molar-refractivity contribution is -0.111. The van der Waals surface area contributed by atoms with E-state index in [1.54, 1.807) is 12.5 Å². The van der Waals surface area contributed by atoms with Crippen molar-refractivity contribution in [2.75, 3.05) is 12.9 Å². The number of rotatable bonds is 2. The number of thioether (sulfide) groups is 1. The highest BCUT2D eigenvalue weighted by molar-refractivity contribution is 8.02. The van der Waals surface area contributed by atoms with E-state index in [0.717, 1.165) is 16.9 Å². The van der Waals surface area contributed by atoms with Crippen LogP contribution in [0.15, 0.2) is 40.3 Å². The van der Waals surface area contributed by atoms with Gasteiger partial charge in [-0.15, -0.1) is 11.8 Å². The van der Waals surface area contributed by atoms with E-state index in [0.29, 0.717) is 10.8 Å². The molecule has 0 saturated carbocycles. The summed E-state index contributed by atoms with van der Waals surface area (Å²) in [5.74, 6) is 1.39. The molecule has 0 aromatic heterocycles. The molecular weight excluding hydrogens is 256 g/mol. The standard InChI is InChI=1S/C13H11ClO2S/c1-16-11-4-2-9(3-5-11)6-10-7-17-8-12(14)13(10)15/h2-6,8H,7H2,1H3/b10-6+. The third-order valence-electron chi connectivity index (χ3n) is 2.39. The summed E-state index contributed by atoms with van der Waals surface area (Å²) in [5, 5.41) is 1.98. The minimum Gasteiger partial charge on any atom is -0.497 e. The molecule has 0 spiro atoms. The molecule has 0 saturated heterocycles. The zero-order chi connectivity index (χ0) is 12.3. The molecule has 1 heterocycles. The largest absolute Gasteiger partial charge is 0.497 e. The molecule has 1 aliphatic heterocycles. The van der Waals surface area contributed by atoms with Crippen LogP contribution in [0.4, 0.5) is 0 Å². The average molecular weight is 267 g/mol. The summed E-state index contributed by atoms with van der Waals surface area (Å²) < 4.78 is 5.08. The summed E-state index contributed by atoms with van der Waals surface area (Å²) in [4.78, 5) is 11.7. The number of hydrogen-bond donors (Lipinski definition) is 0. The number of halogens is 1. The molecule has 2 rings (SSSR count). The Morgan fingerprint density at radius 1 is 1.35 bits per heavy atom. The molecule has 0 bridgehead atoms. The molecule has 88 valence electrons. The van der Waals surface area contributed by atoms with E-state index in [1.165, 1.54) is 11.8 Å². The van der Waals surface area contributed by atoms with Crippen LogP contribution in [0.25, 0.3) is 6.08 Å². The normalized spacial score (nSPS) is 18.1. The quantitative estimate of drug-likeness (QED) is 0.767. The van der Waals surface area contributed by atoms with Crippen molar-refractivity contribution in [2.24, 2.45) is 0 Å². The van der Waals surface area contributed by atoms with Gasteiger partial charge in [0, 0.05) is 11.3 Å². The maximum atomic E-state index is 11.7. The van der Waals surface area contributed by atoms with Crippen LogP contribution in [0.3, 0.4) is 0 Å². The van der Waals surface area contributed by atoms with E-state index in [4.69, 9.17) is 16.3 Å². The minimum atomic E-state index is -0.0822. The third kappa shape index (κ3) is 2.93. The molecule has 2 nitrogen and oxygen atoms in total. The third-order valence-corrected chi connectivity index (χ3v) is 3.68. The van der Waals surface area contributed by atoms with Gasteiger partial charge in [-0.1, -0.05) is 23.7 Å². The summed E-state index contributed by atoms with van der Waals surface area (Å²) in [6.07, 6.45) is 1.87. The highest BCUT2D eigenvalue weighted by atomic mass is 35.5. The van der Waals surface area contributed by atoms with Crippen molar-refractivity contribution in [2.45, 2.75) is 0 Å². The molecule has 0 radical (unpaired) electrons. The van der Waals surface area contributed by atoms with Gasteiger partial charge >= 0.3 is 0 Å². The van der Waals surface area contributed by atoms with Crippen molar-refractivity contribution in [1.29, 1.82) is 0 Å². The Morgan fingerprint density at radius 2 is 2.06 bits per heavy atom. The Hall–Kier alpha value is -1.19. The molecule has 0 aliphatic carbocycles. The summed E-state index contributed by atoms with van der Waals surface area (Å²) in [6, 6.07) is 7.56. The first kappa shape index (κ1) is 12.3. The summed E-state index contributed by atoms with van der Waals surface area (Å²) >= 11 is 7.34. The fraction of sp³-hybridized carbons (Fsp3) is 0.154. The summed E-state index contributed by atoms with van der Waals surface area (Å²) in [6.45, 7) is 0. The van der Waals surface area contributed by atoms with Crippen LogP contribution in [-0.2, 0) is 4.79 Å². The number of carbonyl (C=O) groups excluding carboxylic acids is 1. The van der Waals surface area contributed by atoms with Crippen LogP contribution in [-0.4, -0.2) is 18.6 Å². The summed E-state index contributed by atoms with van der Waals surface area (Å²) in [5.41, 5.74) is 1.70. The molecule has 0 N–H and O–H groups in total. The maximum Gasteiger partial charge on any atom is 0.201 e. The maximum absolute atomic E-state index is 11.7. The topological polar surface area (TPSA) is 26.3 Å². The van der Waals surface area contributed by atoms with Crippen LogP contribution in [0.2, 0.25) is 0 Å². The molecule has 0 fully saturated rings. The van der Waals surface area contributed by atoms with Crippen molar-refractivity contribution < 1.29 is 9.53 Å². The molecule has 1 aromatic carbocycles. The summed E-state index contributed by atoms with van der Waals surface area (Å²) in [7, 11) is 1.62. The Balaban J connectivity index is 2.24. The predicted octanol–water partition coefficient (Wildman–Crippen LogP) is 3.47. The number of methoxy groups -OCH3 is 1. The number of allylic oxidation sites excluding steroid dienone is 1. The van der Waals surface area contributed by atoms with E-state index in [-0.39, 0.29) is 5.78 Å². The number of hydrogen-bond acceptors (Lipinski definition) is 3. The van der Waals surface area contributed by atoms with Gasteiger partial charge in [0.05, 0.1) is 12.1 Å². The molecule has 1 aromatic rings. The number of Topliss-reactive ketones (excluding diaryl/α,β-unsaturated/α-hetero) is 1. The SMILES string of the molecule is COc1ccc(/C=C2\CSC=C(Cl)C2=O)cc1. The monoisotopic (exact) mass is 266 g/mol. The van der Waals surface area contributed by atoms with Gasteiger partial charge in [-0.3, -0.25) is 4.79 Å². The van der Waals surface area contributed by atoms with E-state index in [1.807, 2.05) is 30.3 Å². The van der Waals surface area contributed by atoms with Gasteiger partial charge in [-0.05, 0) is 29.2 Å². The average Bonchev–Trinajstić information content (AvgIpc) is 2.36. The molecule has 1 aliphatic rings. The molecular formula is C13H11ClO2S. The van der Waals surface area contributed by atoms with E-state index >= 15 is 0 Å². The van der Waals surface area contributed by atoms with E-state index in [2.05, 4.69) is 0 Å². The number of ether oxygens (including phenoxy) is 1. The van der Waals surface area contributed by atoms with Gasteiger partial charge in [0.15, 0.2) is 0 Å². The van der Waals surface area contributed by atoms with Gasteiger partial charge in [0.25, 0.3) is 0 Å². The predicted molar refractivity (Wildman–Crippen MR) is 72.4 cm³/mol. The first-order valence-electron chi connectivity index (χ1n) is 5.07. The molecule has 0 atom stereocenters. The first-order chi connectivity index (χ1) is 8.20. The molecule has 0 unspecified atom stereocenters. The Bertz CT molecular complexity index is 489. The van der Waals surface area contributed by atoms with Gasteiger partial charge < -0.3 is 4.74 Å². The van der Waals surface area contributed by atoms with Crippen LogP contribution in [0, 0.1) is 0 Å². The second kappa shape index (κ2) is 5.43. The minimum absolute atomic E-state index is 0.0822.